The number of hydrogen-bond acceptors (Lipinski definition) is 5. The molecule has 0 unspecified atom stereocenters. The van der Waals surface area contributed by atoms with Gasteiger partial charge in [-0.25, -0.2) is 14.0 Å². The summed E-state index contributed by atoms with van der Waals surface area (Å²) in [5.74, 6) is 0.460. The fraction of sp³-hybridized carbons (Fsp3) is 0.261. The smallest absolute Gasteiger partial charge is 0.336 e. The fourth-order valence-electron chi connectivity index (χ4n) is 4.15. The van der Waals surface area contributed by atoms with Crippen LogP contribution in [0.1, 0.15) is 35.1 Å². The van der Waals surface area contributed by atoms with Gasteiger partial charge in [0.1, 0.15) is 5.82 Å². The van der Waals surface area contributed by atoms with Gasteiger partial charge in [0.25, 0.3) is 5.91 Å². The molecule has 1 aliphatic rings. The first-order chi connectivity index (χ1) is 15.6. The predicted octanol–water partition coefficient (Wildman–Crippen LogP) is 2.17. The number of para-hydroxylation sites is 2. The van der Waals surface area contributed by atoms with E-state index in [1.54, 1.807) is 16.5 Å². The first kappa shape index (κ1) is 19.9. The highest BCUT2D eigenvalue weighted by molar-refractivity contribution is 5.92. The van der Waals surface area contributed by atoms with E-state index in [2.05, 4.69) is 15.3 Å². The Labute approximate surface area is 184 Å². The van der Waals surface area contributed by atoms with Crippen molar-refractivity contribution >= 4 is 5.91 Å². The highest BCUT2D eigenvalue weighted by Crippen LogP contribution is 2.27. The largest absolute Gasteiger partial charge is 0.350 e. The van der Waals surface area contributed by atoms with Crippen molar-refractivity contribution in [2.45, 2.75) is 18.8 Å². The Morgan fingerprint density at radius 3 is 2.38 bits per heavy atom. The third kappa shape index (κ3) is 3.62. The molecule has 32 heavy (non-hydrogen) atoms. The Morgan fingerprint density at radius 2 is 1.66 bits per heavy atom. The summed E-state index contributed by atoms with van der Waals surface area (Å²) in [5.41, 5.74) is 1.68. The Kier molecular flexibility index (Phi) is 5.14. The van der Waals surface area contributed by atoms with Crippen LogP contribution >= 0.6 is 0 Å². The Bertz CT molecular complexity index is 1290. The van der Waals surface area contributed by atoms with Crippen molar-refractivity contribution in [3.05, 3.63) is 88.9 Å². The predicted molar refractivity (Wildman–Crippen MR) is 118 cm³/mol. The van der Waals surface area contributed by atoms with Crippen molar-refractivity contribution in [3.63, 3.8) is 0 Å². The molecule has 2 aromatic heterocycles. The molecule has 0 aliphatic carbocycles. The molecule has 0 bridgehead atoms. The molecule has 5 rings (SSSR count). The maximum atomic E-state index is 13.2. The first-order valence-electron chi connectivity index (χ1n) is 10.6. The summed E-state index contributed by atoms with van der Waals surface area (Å²) < 4.78 is 3.00. The average molecular weight is 429 g/mol. The summed E-state index contributed by atoms with van der Waals surface area (Å²) in [6.45, 7) is 1.11. The SMILES string of the molecule is Cn1nc([C@@H]2CCCN(C(=O)c3cnn(-c4ccccc4)n3)C2)n(-c2ccccc2)c1=O. The topological polar surface area (TPSA) is 90.8 Å². The second kappa shape index (κ2) is 8.26. The molecule has 1 saturated heterocycles. The maximum absolute atomic E-state index is 13.2. The van der Waals surface area contributed by atoms with Gasteiger partial charge in [0.2, 0.25) is 0 Å². The number of benzene rings is 2. The van der Waals surface area contributed by atoms with Gasteiger partial charge < -0.3 is 4.90 Å². The number of carbonyl (C=O) groups excluding carboxylic acids is 1. The quantitative estimate of drug-likeness (QED) is 0.496. The van der Waals surface area contributed by atoms with Crippen LogP contribution in [0.2, 0.25) is 0 Å². The summed E-state index contributed by atoms with van der Waals surface area (Å²) >= 11 is 0. The van der Waals surface area contributed by atoms with Crippen LogP contribution in [-0.2, 0) is 7.05 Å². The number of aromatic nitrogens is 6. The van der Waals surface area contributed by atoms with Gasteiger partial charge in [-0.05, 0) is 37.1 Å². The number of piperidine rings is 1. The van der Waals surface area contributed by atoms with E-state index < -0.39 is 0 Å². The lowest BCUT2D eigenvalue weighted by atomic mass is 9.96. The molecular formula is C23H23N7O2. The number of carbonyl (C=O) groups is 1. The number of amides is 1. The van der Waals surface area contributed by atoms with Gasteiger partial charge in [-0.2, -0.15) is 15.0 Å². The molecule has 0 saturated carbocycles. The molecule has 162 valence electrons. The van der Waals surface area contributed by atoms with E-state index in [9.17, 15) is 9.59 Å². The molecule has 0 radical (unpaired) electrons. The van der Waals surface area contributed by atoms with Gasteiger partial charge in [-0.15, -0.1) is 5.10 Å². The zero-order valence-corrected chi connectivity index (χ0v) is 17.7. The van der Waals surface area contributed by atoms with Crippen LogP contribution in [0.3, 0.4) is 0 Å². The second-order valence-electron chi connectivity index (χ2n) is 7.88. The lowest BCUT2D eigenvalue weighted by molar-refractivity contribution is 0.0697. The standard InChI is InChI=1S/C23H23N7O2/c1-27-23(32)29(18-10-4-2-5-11-18)21(26-27)17-9-8-14-28(16-17)22(31)20-15-24-30(25-20)19-12-6-3-7-13-19/h2-7,10-13,15,17H,8-9,14,16H2,1H3/t17-/m1/s1. The summed E-state index contributed by atoms with van der Waals surface area (Å²) in [4.78, 5) is 29.2. The molecule has 9 heteroatoms. The highest BCUT2D eigenvalue weighted by Gasteiger charge is 2.31. The molecule has 0 N–H and O–H groups in total. The van der Waals surface area contributed by atoms with Gasteiger partial charge in [0, 0.05) is 26.1 Å². The van der Waals surface area contributed by atoms with Gasteiger partial charge in [-0.3, -0.25) is 4.79 Å². The Hall–Kier alpha value is -4.01. The van der Waals surface area contributed by atoms with Crippen LogP contribution in [0, 0.1) is 0 Å². The Morgan fingerprint density at radius 1 is 0.969 bits per heavy atom. The number of hydrogen-bond donors (Lipinski definition) is 0. The van der Waals surface area contributed by atoms with E-state index >= 15 is 0 Å². The van der Waals surface area contributed by atoms with Crippen LogP contribution < -0.4 is 5.69 Å². The number of likely N-dealkylation sites (tertiary alicyclic amines) is 1. The first-order valence-corrected chi connectivity index (χ1v) is 10.6. The summed E-state index contributed by atoms with van der Waals surface area (Å²) in [6.07, 6.45) is 3.17. The van der Waals surface area contributed by atoms with Gasteiger partial charge >= 0.3 is 5.69 Å². The molecule has 1 atom stereocenters. The number of rotatable bonds is 4. The minimum Gasteiger partial charge on any atom is -0.336 e. The van der Waals surface area contributed by atoms with Crippen molar-refractivity contribution < 1.29 is 4.79 Å². The molecule has 9 nitrogen and oxygen atoms in total. The van der Waals surface area contributed by atoms with Crippen LogP contribution in [0.25, 0.3) is 11.4 Å². The second-order valence-corrected chi connectivity index (χ2v) is 7.88. The minimum atomic E-state index is -0.194. The molecule has 3 heterocycles. The number of aryl methyl sites for hydroxylation is 1. The summed E-state index contributed by atoms with van der Waals surface area (Å²) in [5, 5.41) is 13.1. The third-order valence-corrected chi connectivity index (χ3v) is 5.74. The van der Waals surface area contributed by atoms with E-state index in [4.69, 9.17) is 0 Å². The zero-order chi connectivity index (χ0) is 22.1. The van der Waals surface area contributed by atoms with E-state index in [1.165, 1.54) is 15.7 Å². The molecule has 1 amide bonds. The van der Waals surface area contributed by atoms with Crippen LogP contribution in [0.5, 0.6) is 0 Å². The van der Waals surface area contributed by atoms with Gasteiger partial charge in [0.05, 0.1) is 17.6 Å². The lowest BCUT2D eigenvalue weighted by Crippen LogP contribution is -2.40. The van der Waals surface area contributed by atoms with Crippen molar-refractivity contribution in [1.29, 1.82) is 0 Å². The molecule has 4 aromatic rings. The molecule has 0 spiro atoms. The molecule has 1 fully saturated rings. The Balaban J connectivity index is 1.40. The van der Waals surface area contributed by atoms with Gasteiger partial charge in [-0.1, -0.05) is 36.4 Å². The minimum absolute atomic E-state index is 0.0500. The highest BCUT2D eigenvalue weighted by atomic mass is 16.2. The van der Waals surface area contributed by atoms with E-state index in [-0.39, 0.29) is 17.5 Å². The van der Waals surface area contributed by atoms with Crippen molar-refractivity contribution in [1.82, 2.24) is 34.2 Å². The van der Waals surface area contributed by atoms with Gasteiger partial charge in [0.15, 0.2) is 5.69 Å². The van der Waals surface area contributed by atoms with Crippen LogP contribution in [0.15, 0.2) is 71.7 Å². The summed E-state index contributed by atoms with van der Waals surface area (Å²) in [7, 11) is 1.65. The molecular weight excluding hydrogens is 406 g/mol. The van der Waals surface area contributed by atoms with E-state index in [0.29, 0.717) is 24.6 Å². The molecule has 2 aromatic carbocycles. The van der Waals surface area contributed by atoms with Crippen LogP contribution in [0.4, 0.5) is 0 Å². The average Bonchev–Trinajstić information content (AvgIpc) is 3.45. The molecule has 1 aliphatic heterocycles. The van der Waals surface area contributed by atoms with Crippen molar-refractivity contribution in [2.24, 2.45) is 7.05 Å². The fourth-order valence-corrected chi connectivity index (χ4v) is 4.15. The van der Waals surface area contributed by atoms with Crippen molar-refractivity contribution in [3.8, 4) is 11.4 Å². The monoisotopic (exact) mass is 429 g/mol. The lowest BCUT2D eigenvalue weighted by Gasteiger charge is -2.31. The van der Waals surface area contributed by atoms with E-state index in [0.717, 1.165) is 24.2 Å². The third-order valence-electron chi connectivity index (χ3n) is 5.74. The maximum Gasteiger partial charge on any atom is 0.350 e. The van der Waals surface area contributed by atoms with Crippen LogP contribution in [-0.4, -0.2) is 53.2 Å². The number of nitrogens with zero attached hydrogens (tertiary/aromatic N) is 7. The normalized spacial score (nSPS) is 16.3. The zero-order valence-electron chi connectivity index (χ0n) is 17.7. The van der Waals surface area contributed by atoms with E-state index in [1.807, 2.05) is 60.7 Å². The summed E-state index contributed by atoms with van der Waals surface area (Å²) in [6, 6.07) is 19.0. The van der Waals surface area contributed by atoms with Crippen molar-refractivity contribution in [2.75, 3.05) is 13.1 Å².